The van der Waals surface area contributed by atoms with Crippen LogP contribution in [-0.4, -0.2) is 22.7 Å². The van der Waals surface area contributed by atoms with Crippen LogP contribution in [0.15, 0.2) is 47.3 Å². The summed E-state index contributed by atoms with van der Waals surface area (Å²) in [4.78, 5) is 28.0. The van der Waals surface area contributed by atoms with E-state index in [1.54, 1.807) is 36.4 Å². The van der Waals surface area contributed by atoms with Gasteiger partial charge in [0, 0.05) is 5.02 Å². The summed E-state index contributed by atoms with van der Waals surface area (Å²) in [6, 6.07) is 11.5. The highest BCUT2D eigenvalue weighted by Crippen LogP contribution is 2.22. The van der Waals surface area contributed by atoms with Crippen molar-refractivity contribution in [2.75, 3.05) is 12.5 Å². The van der Waals surface area contributed by atoms with Gasteiger partial charge in [-0.05, 0) is 42.5 Å². The van der Waals surface area contributed by atoms with E-state index in [1.165, 1.54) is 13.2 Å². The van der Waals surface area contributed by atoms with Crippen LogP contribution in [0.2, 0.25) is 5.02 Å². The molecule has 0 radical (unpaired) electrons. The number of hydrogen-bond acceptors (Lipinski definition) is 4. The quantitative estimate of drug-likeness (QED) is 0.703. The maximum Gasteiger partial charge on any atom is 0.281 e. The van der Waals surface area contributed by atoms with Gasteiger partial charge in [0.2, 0.25) is 0 Å². The Morgan fingerprint density at radius 2 is 2.04 bits per heavy atom. The van der Waals surface area contributed by atoms with E-state index in [0.717, 1.165) is 4.68 Å². The van der Waals surface area contributed by atoms with Gasteiger partial charge >= 0.3 is 0 Å². The Morgan fingerprint density at radius 1 is 1.29 bits per heavy atom. The molecule has 0 bridgehead atoms. The molecule has 6 nitrogen and oxygen atoms in total. The molecule has 0 aliphatic heterocycles. The fourth-order valence-corrected chi connectivity index (χ4v) is 2.69. The van der Waals surface area contributed by atoms with Crippen molar-refractivity contribution in [3.8, 4) is 5.75 Å². The van der Waals surface area contributed by atoms with Crippen LogP contribution in [0.4, 0.5) is 0 Å². The van der Waals surface area contributed by atoms with E-state index in [4.69, 9.17) is 28.6 Å². The van der Waals surface area contributed by atoms with Gasteiger partial charge in [0.25, 0.3) is 11.5 Å². The van der Waals surface area contributed by atoms with Gasteiger partial charge in [-0.15, -0.1) is 0 Å². The molecule has 2 N–H and O–H groups in total. The van der Waals surface area contributed by atoms with Gasteiger partial charge in [0.15, 0.2) is 4.77 Å². The van der Waals surface area contributed by atoms with Crippen LogP contribution in [0, 0.1) is 4.77 Å². The average molecular weight is 362 g/mol. The fourth-order valence-electron chi connectivity index (χ4n) is 2.28. The number of aromatic nitrogens is 2. The predicted molar refractivity (Wildman–Crippen MR) is 95.1 cm³/mol. The molecule has 0 fully saturated rings. The zero-order valence-electron chi connectivity index (χ0n) is 12.5. The minimum atomic E-state index is -0.564. The topological polar surface area (TPSA) is 76.1 Å². The molecule has 0 saturated heterocycles. The highest BCUT2D eigenvalue weighted by Gasteiger charge is 2.15. The minimum Gasteiger partial charge on any atom is -0.496 e. The third-order valence-corrected chi connectivity index (χ3v) is 3.94. The smallest absolute Gasteiger partial charge is 0.281 e. The van der Waals surface area contributed by atoms with Crippen LogP contribution in [0.5, 0.6) is 5.75 Å². The third-order valence-electron chi connectivity index (χ3n) is 3.42. The molecular formula is C16H12ClN3O3S. The Hall–Kier alpha value is -2.64. The third kappa shape index (κ3) is 2.91. The maximum absolute atomic E-state index is 12.5. The monoisotopic (exact) mass is 361 g/mol. The van der Waals surface area contributed by atoms with Gasteiger partial charge in [-0.1, -0.05) is 23.7 Å². The Bertz CT molecular complexity index is 1060. The molecule has 0 spiro atoms. The number of carbonyl (C=O) groups is 1. The van der Waals surface area contributed by atoms with E-state index in [9.17, 15) is 9.59 Å². The SMILES string of the molecule is COc1ccc(Cl)cc1C(=O)Nn1c(=S)[nH]c2ccccc2c1=O. The van der Waals surface area contributed by atoms with Gasteiger partial charge < -0.3 is 9.72 Å². The molecule has 1 aromatic heterocycles. The number of benzene rings is 2. The predicted octanol–water partition coefficient (Wildman–Crippen LogP) is 3.10. The number of amides is 1. The molecule has 122 valence electrons. The lowest BCUT2D eigenvalue weighted by Crippen LogP contribution is -2.34. The van der Waals surface area contributed by atoms with Crippen molar-refractivity contribution in [1.29, 1.82) is 0 Å². The lowest BCUT2D eigenvalue weighted by molar-refractivity contribution is 0.100. The summed E-state index contributed by atoms with van der Waals surface area (Å²) in [5, 5.41) is 0.779. The molecule has 8 heteroatoms. The van der Waals surface area contributed by atoms with E-state index in [-0.39, 0.29) is 10.3 Å². The number of ether oxygens (including phenoxy) is 1. The number of nitrogens with zero attached hydrogens (tertiary/aromatic N) is 1. The first kappa shape index (κ1) is 16.2. The summed E-state index contributed by atoms with van der Waals surface area (Å²) in [5.74, 6) is -0.230. The minimum absolute atomic E-state index is 0.0769. The highest BCUT2D eigenvalue weighted by molar-refractivity contribution is 7.71. The van der Waals surface area contributed by atoms with Gasteiger partial charge in [0.05, 0.1) is 23.6 Å². The van der Waals surface area contributed by atoms with Crippen molar-refractivity contribution in [2.45, 2.75) is 0 Å². The van der Waals surface area contributed by atoms with Crippen molar-refractivity contribution in [1.82, 2.24) is 9.66 Å². The van der Waals surface area contributed by atoms with Gasteiger partial charge in [-0.2, -0.15) is 4.68 Å². The second-order valence-corrected chi connectivity index (χ2v) is 5.72. The summed E-state index contributed by atoms with van der Waals surface area (Å²) in [5.41, 5.74) is 2.84. The van der Waals surface area contributed by atoms with E-state index in [2.05, 4.69) is 10.4 Å². The molecule has 0 aliphatic carbocycles. The van der Waals surface area contributed by atoms with Gasteiger partial charge in [-0.3, -0.25) is 15.0 Å². The van der Waals surface area contributed by atoms with Crippen molar-refractivity contribution >= 4 is 40.6 Å². The molecule has 1 amide bonds. The Morgan fingerprint density at radius 3 is 2.79 bits per heavy atom. The van der Waals surface area contributed by atoms with Crippen LogP contribution < -0.4 is 15.7 Å². The number of fused-ring (bicyclic) bond motifs is 1. The zero-order chi connectivity index (χ0) is 17.3. The first-order valence-electron chi connectivity index (χ1n) is 6.90. The van der Waals surface area contributed by atoms with E-state index in [0.29, 0.717) is 21.7 Å². The van der Waals surface area contributed by atoms with E-state index >= 15 is 0 Å². The van der Waals surface area contributed by atoms with Crippen LogP contribution >= 0.6 is 23.8 Å². The maximum atomic E-state index is 12.5. The van der Waals surface area contributed by atoms with Crippen molar-refractivity contribution in [3.63, 3.8) is 0 Å². The molecular weight excluding hydrogens is 350 g/mol. The summed E-state index contributed by atoms with van der Waals surface area (Å²) in [6.07, 6.45) is 0. The first-order chi connectivity index (χ1) is 11.5. The Kier molecular flexibility index (Phi) is 4.37. The second kappa shape index (κ2) is 6.46. The van der Waals surface area contributed by atoms with Crippen LogP contribution in [0.25, 0.3) is 10.9 Å². The standard InChI is InChI=1S/C16H12ClN3O3S/c1-23-13-7-6-9(17)8-11(13)14(21)19-20-15(22)10-4-2-3-5-12(10)18-16(20)24/h2-8H,1H3,(H,18,24)(H,19,21). The number of methoxy groups -OCH3 is 1. The fraction of sp³-hybridized carbons (Fsp3) is 0.0625. The molecule has 0 aliphatic rings. The Labute approximate surface area is 146 Å². The summed E-state index contributed by atoms with van der Waals surface area (Å²) in [6.45, 7) is 0. The number of nitrogens with one attached hydrogen (secondary N) is 2. The van der Waals surface area contributed by atoms with Gasteiger partial charge in [-0.25, -0.2) is 0 Å². The van der Waals surface area contributed by atoms with E-state index < -0.39 is 11.5 Å². The van der Waals surface area contributed by atoms with Crippen LogP contribution in [0.1, 0.15) is 10.4 Å². The highest BCUT2D eigenvalue weighted by atomic mass is 35.5. The average Bonchev–Trinajstić information content (AvgIpc) is 2.58. The molecule has 0 atom stereocenters. The molecule has 0 saturated carbocycles. The second-order valence-electron chi connectivity index (χ2n) is 4.90. The molecule has 3 aromatic rings. The molecule has 3 rings (SSSR count). The molecule has 24 heavy (non-hydrogen) atoms. The normalized spacial score (nSPS) is 10.6. The number of H-pyrrole nitrogens is 1. The summed E-state index contributed by atoms with van der Waals surface area (Å²) in [7, 11) is 1.44. The number of halogens is 1. The Balaban J connectivity index is 2.08. The lowest BCUT2D eigenvalue weighted by atomic mass is 10.2. The van der Waals surface area contributed by atoms with Crippen LogP contribution in [0.3, 0.4) is 0 Å². The first-order valence-corrected chi connectivity index (χ1v) is 7.69. The van der Waals surface area contributed by atoms with Gasteiger partial charge in [0.1, 0.15) is 5.75 Å². The number of carbonyl (C=O) groups excluding carboxylic acids is 1. The summed E-state index contributed by atoms with van der Waals surface area (Å²) < 4.78 is 6.21. The molecule has 0 unspecified atom stereocenters. The van der Waals surface area contributed by atoms with E-state index in [1.807, 2.05) is 0 Å². The molecule has 2 aromatic carbocycles. The number of aromatic amines is 1. The zero-order valence-corrected chi connectivity index (χ0v) is 14.1. The number of rotatable bonds is 3. The lowest BCUT2D eigenvalue weighted by Gasteiger charge is -2.12. The van der Waals surface area contributed by atoms with Crippen molar-refractivity contribution in [2.24, 2.45) is 0 Å². The summed E-state index contributed by atoms with van der Waals surface area (Å²) >= 11 is 11.1. The number of para-hydroxylation sites is 1. The van der Waals surface area contributed by atoms with Crippen molar-refractivity contribution < 1.29 is 9.53 Å². The van der Waals surface area contributed by atoms with Crippen molar-refractivity contribution in [3.05, 3.63) is 68.2 Å². The van der Waals surface area contributed by atoms with Crippen LogP contribution in [-0.2, 0) is 0 Å². The molecule has 1 heterocycles. The largest absolute Gasteiger partial charge is 0.496 e. The number of hydrogen-bond donors (Lipinski definition) is 2.